The summed E-state index contributed by atoms with van der Waals surface area (Å²) >= 11 is 0. The van der Waals surface area contributed by atoms with Crippen LogP contribution < -0.4 is 5.73 Å². The van der Waals surface area contributed by atoms with Gasteiger partial charge in [-0.25, -0.2) is 0 Å². The zero-order valence-electron chi connectivity index (χ0n) is 9.37. The van der Waals surface area contributed by atoms with Crippen LogP contribution in [0.25, 0.3) is 0 Å². The average molecular weight is 263 g/mol. The molecule has 1 aromatic rings. The number of amidine groups is 1. The van der Waals surface area contributed by atoms with Gasteiger partial charge in [0.05, 0.1) is 38.1 Å². The number of nitrogens with zero attached hydrogens (tertiary/aromatic N) is 3. The number of H-pyrrole nitrogens is 1. The van der Waals surface area contributed by atoms with Gasteiger partial charge in [-0.1, -0.05) is 0 Å². The third kappa shape index (κ3) is 2.73. The molecule has 1 aliphatic heterocycles. The summed E-state index contributed by atoms with van der Waals surface area (Å²) in [5, 5.41) is 10.8. The van der Waals surface area contributed by atoms with Crippen LogP contribution in [0.5, 0.6) is 0 Å². The summed E-state index contributed by atoms with van der Waals surface area (Å²) in [6.07, 6.45) is -3.51. The van der Waals surface area contributed by atoms with Gasteiger partial charge in [-0.15, -0.1) is 0 Å². The van der Waals surface area contributed by atoms with Crippen molar-refractivity contribution in [3.63, 3.8) is 0 Å². The van der Waals surface area contributed by atoms with Crippen LogP contribution in [-0.4, -0.2) is 47.3 Å². The Kier molecular flexibility index (Phi) is 3.41. The fourth-order valence-electron chi connectivity index (χ4n) is 1.56. The van der Waals surface area contributed by atoms with Gasteiger partial charge in [0.15, 0.2) is 11.5 Å². The smallest absolute Gasteiger partial charge is 0.382 e. The number of aromatic amines is 1. The van der Waals surface area contributed by atoms with Gasteiger partial charge in [-0.05, 0) is 0 Å². The van der Waals surface area contributed by atoms with Gasteiger partial charge in [0.1, 0.15) is 0 Å². The molecule has 0 aliphatic carbocycles. The van der Waals surface area contributed by atoms with E-state index in [4.69, 9.17) is 10.5 Å². The van der Waals surface area contributed by atoms with E-state index in [0.717, 1.165) is 6.20 Å². The minimum absolute atomic E-state index is 0.210. The molecule has 0 spiro atoms. The molecule has 0 radical (unpaired) electrons. The highest BCUT2D eigenvalue weighted by atomic mass is 19.4. The van der Waals surface area contributed by atoms with E-state index in [9.17, 15) is 13.2 Å². The first-order valence-electron chi connectivity index (χ1n) is 5.26. The van der Waals surface area contributed by atoms with E-state index >= 15 is 0 Å². The molecule has 2 heterocycles. The Morgan fingerprint density at radius 2 is 2.11 bits per heavy atom. The topological polar surface area (TPSA) is 79.5 Å². The first-order valence-corrected chi connectivity index (χ1v) is 5.26. The van der Waals surface area contributed by atoms with Gasteiger partial charge in [0.2, 0.25) is 0 Å². The molecule has 2 rings (SSSR count). The lowest BCUT2D eigenvalue weighted by Crippen LogP contribution is -2.34. The molecular weight excluding hydrogens is 251 g/mol. The van der Waals surface area contributed by atoms with Crippen molar-refractivity contribution in [3.05, 3.63) is 17.5 Å². The highest BCUT2D eigenvalue weighted by Gasteiger charge is 2.36. The summed E-state index contributed by atoms with van der Waals surface area (Å²) in [6, 6.07) is 0. The second-order valence-corrected chi connectivity index (χ2v) is 3.71. The number of aromatic nitrogens is 2. The maximum atomic E-state index is 12.6. The van der Waals surface area contributed by atoms with Crippen LogP contribution in [0.4, 0.5) is 13.2 Å². The van der Waals surface area contributed by atoms with E-state index in [1.54, 1.807) is 5.01 Å². The van der Waals surface area contributed by atoms with E-state index in [-0.39, 0.29) is 11.4 Å². The summed E-state index contributed by atoms with van der Waals surface area (Å²) in [5.41, 5.74) is 4.34. The predicted octanol–water partition coefficient (Wildman–Crippen LogP) is 0.381. The number of morpholine rings is 1. The molecule has 1 aliphatic rings. The second-order valence-electron chi connectivity index (χ2n) is 3.71. The van der Waals surface area contributed by atoms with Crippen molar-refractivity contribution < 1.29 is 17.9 Å². The number of ether oxygens (including phenoxy) is 1. The Hall–Kier alpha value is -1.77. The summed E-state index contributed by atoms with van der Waals surface area (Å²) in [6.45, 7) is 1.96. The van der Waals surface area contributed by atoms with Crippen molar-refractivity contribution in [1.82, 2.24) is 15.2 Å². The van der Waals surface area contributed by atoms with Crippen LogP contribution in [0.1, 0.15) is 11.3 Å². The Labute approximate surface area is 101 Å². The van der Waals surface area contributed by atoms with Crippen LogP contribution in [0.2, 0.25) is 0 Å². The molecule has 0 bridgehead atoms. The number of nitrogens with one attached hydrogen (secondary N) is 1. The van der Waals surface area contributed by atoms with Crippen molar-refractivity contribution in [1.29, 1.82) is 0 Å². The van der Waals surface area contributed by atoms with Crippen molar-refractivity contribution in [2.75, 3.05) is 26.3 Å². The average Bonchev–Trinajstić information content (AvgIpc) is 2.79. The molecule has 0 aromatic carbocycles. The number of nitrogens with two attached hydrogens (primary N) is 1. The number of rotatable bonds is 2. The molecule has 3 N–H and O–H groups in total. The Balaban J connectivity index is 2.20. The van der Waals surface area contributed by atoms with Gasteiger partial charge in [0.25, 0.3) is 0 Å². The third-order valence-electron chi connectivity index (χ3n) is 2.44. The summed E-state index contributed by atoms with van der Waals surface area (Å²) in [4.78, 5) is 0. The number of alkyl halides is 3. The van der Waals surface area contributed by atoms with E-state index in [2.05, 4.69) is 10.2 Å². The lowest BCUT2D eigenvalue weighted by atomic mass is 10.2. The normalized spacial score (nSPS) is 18.2. The van der Waals surface area contributed by atoms with Crippen LogP contribution in [0, 0.1) is 0 Å². The molecule has 6 nitrogen and oxygen atoms in total. The van der Waals surface area contributed by atoms with Crippen LogP contribution >= 0.6 is 0 Å². The molecule has 0 atom stereocenters. The maximum Gasteiger partial charge on any atom is 0.433 e. The summed E-state index contributed by atoms with van der Waals surface area (Å²) in [7, 11) is 0. The van der Waals surface area contributed by atoms with Crippen molar-refractivity contribution in [2.24, 2.45) is 10.8 Å². The zero-order chi connectivity index (χ0) is 13.2. The minimum Gasteiger partial charge on any atom is -0.382 e. The Morgan fingerprint density at radius 1 is 1.44 bits per heavy atom. The SMILES string of the molecule is NC(=NN1CCOCC1)c1cn[nH]c1C(F)(F)F. The molecular formula is C9H12F3N5O. The fourth-order valence-corrected chi connectivity index (χ4v) is 1.56. The highest BCUT2D eigenvalue weighted by molar-refractivity contribution is 5.98. The van der Waals surface area contributed by atoms with Gasteiger partial charge in [-0.3, -0.25) is 10.1 Å². The largest absolute Gasteiger partial charge is 0.433 e. The minimum atomic E-state index is -4.53. The molecule has 0 unspecified atom stereocenters. The zero-order valence-corrected chi connectivity index (χ0v) is 9.37. The van der Waals surface area contributed by atoms with Crippen LogP contribution in [-0.2, 0) is 10.9 Å². The van der Waals surface area contributed by atoms with Crippen molar-refractivity contribution in [3.8, 4) is 0 Å². The highest BCUT2D eigenvalue weighted by Crippen LogP contribution is 2.29. The molecule has 1 saturated heterocycles. The Bertz CT molecular complexity index is 436. The Morgan fingerprint density at radius 3 is 2.72 bits per heavy atom. The molecule has 0 saturated carbocycles. The number of hydrogen-bond acceptors (Lipinski definition) is 4. The van der Waals surface area contributed by atoms with Gasteiger partial charge in [-0.2, -0.15) is 23.4 Å². The summed E-state index contributed by atoms with van der Waals surface area (Å²) < 4.78 is 42.9. The molecule has 1 aromatic heterocycles. The maximum absolute atomic E-state index is 12.6. The lowest BCUT2D eigenvalue weighted by Gasteiger charge is -2.24. The van der Waals surface area contributed by atoms with Crippen LogP contribution in [0.15, 0.2) is 11.3 Å². The van der Waals surface area contributed by atoms with E-state index < -0.39 is 11.9 Å². The predicted molar refractivity (Wildman–Crippen MR) is 56.7 cm³/mol. The first-order chi connectivity index (χ1) is 8.48. The third-order valence-corrected chi connectivity index (χ3v) is 2.44. The second kappa shape index (κ2) is 4.84. The van der Waals surface area contributed by atoms with Gasteiger partial charge in [0, 0.05) is 0 Å². The molecule has 18 heavy (non-hydrogen) atoms. The molecule has 100 valence electrons. The number of halogens is 3. The fraction of sp³-hybridized carbons (Fsp3) is 0.556. The first kappa shape index (κ1) is 12.7. The summed E-state index contributed by atoms with van der Waals surface area (Å²) in [5.74, 6) is -0.210. The van der Waals surface area contributed by atoms with Gasteiger partial charge >= 0.3 is 6.18 Å². The molecule has 9 heteroatoms. The number of hydrazone groups is 1. The monoisotopic (exact) mass is 263 g/mol. The molecule has 0 amide bonds. The van der Waals surface area contributed by atoms with E-state index in [1.165, 1.54) is 0 Å². The van der Waals surface area contributed by atoms with E-state index in [1.807, 2.05) is 5.10 Å². The van der Waals surface area contributed by atoms with Crippen molar-refractivity contribution >= 4 is 5.84 Å². The standard InChI is InChI=1S/C9H12F3N5O/c10-9(11,12)7-6(5-14-15-7)8(13)16-17-1-3-18-4-2-17/h5H,1-4H2,(H2,13,16)(H,14,15). The lowest BCUT2D eigenvalue weighted by molar-refractivity contribution is -0.141. The number of hydrogen-bond donors (Lipinski definition) is 2. The quantitative estimate of drug-likeness (QED) is 0.597. The van der Waals surface area contributed by atoms with E-state index in [0.29, 0.717) is 26.3 Å². The van der Waals surface area contributed by atoms with Gasteiger partial charge < -0.3 is 10.5 Å². The van der Waals surface area contributed by atoms with Crippen LogP contribution in [0.3, 0.4) is 0 Å². The molecule has 1 fully saturated rings. The van der Waals surface area contributed by atoms with Crippen molar-refractivity contribution in [2.45, 2.75) is 6.18 Å².